The molecule has 0 amide bonds. The van der Waals surface area contributed by atoms with Gasteiger partial charge in [0.25, 0.3) is 0 Å². The van der Waals surface area contributed by atoms with Crippen LogP contribution in [-0.2, 0) is 6.42 Å². The minimum absolute atomic E-state index is 0.451. The highest BCUT2D eigenvalue weighted by atomic mass is 14.7. The van der Waals surface area contributed by atoms with E-state index in [2.05, 4.69) is 44.8 Å². The predicted octanol–water partition coefficient (Wildman–Crippen LogP) is 4.79. The first-order chi connectivity index (χ1) is 7.53. The Kier molecular flexibility index (Phi) is 7.03. The van der Waals surface area contributed by atoms with Crippen LogP contribution in [0.5, 0.6) is 0 Å². The third kappa shape index (κ3) is 5.89. The van der Waals surface area contributed by atoms with Crippen molar-refractivity contribution in [3.8, 4) is 0 Å². The van der Waals surface area contributed by atoms with Crippen molar-refractivity contribution in [1.29, 1.82) is 0 Å². The molecular weight excluding hydrogens is 194 g/mol. The van der Waals surface area contributed by atoms with Crippen LogP contribution in [0.2, 0.25) is 0 Å². The molecule has 92 valence electrons. The van der Waals surface area contributed by atoms with E-state index in [0.29, 0.717) is 5.41 Å². The molecule has 0 bridgehead atoms. The number of nitrogens with zero attached hydrogens (tertiary/aromatic N) is 1. The summed E-state index contributed by atoms with van der Waals surface area (Å²) in [5, 5.41) is 0. The summed E-state index contributed by atoms with van der Waals surface area (Å²) in [5.41, 5.74) is 2.91. The molecule has 0 unspecified atom stereocenters. The number of pyridine rings is 1. The van der Waals surface area contributed by atoms with Gasteiger partial charge in [-0.25, -0.2) is 0 Å². The molecule has 1 heterocycles. The van der Waals surface area contributed by atoms with E-state index >= 15 is 0 Å². The maximum atomic E-state index is 4.42. The van der Waals surface area contributed by atoms with Crippen molar-refractivity contribution in [2.75, 3.05) is 0 Å². The van der Waals surface area contributed by atoms with E-state index in [-0.39, 0.29) is 0 Å². The topological polar surface area (TPSA) is 12.9 Å². The smallest absolute Gasteiger partial charge is 0.0404 e. The van der Waals surface area contributed by atoms with Crippen molar-refractivity contribution in [3.63, 3.8) is 0 Å². The zero-order valence-electron chi connectivity index (χ0n) is 11.8. The predicted molar refractivity (Wildman–Crippen MR) is 72.7 cm³/mol. The summed E-state index contributed by atoms with van der Waals surface area (Å²) >= 11 is 0. The van der Waals surface area contributed by atoms with Crippen molar-refractivity contribution in [3.05, 3.63) is 29.6 Å². The molecule has 0 aliphatic heterocycles. The fourth-order valence-corrected chi connectivity index (χ4v) is 1.29. The number of rotatable bonds is 4. The van der Waals surface area contributed by atoms with Gasteiger partial charge in [-0.05, 0) is 36.8 Å². The van der Waals surface area contributed by atoms with Crippen molar-refractivity contribution in [2.24, 2.45) is 5.41 Å². The van der Waals surface area contributed by atoms with Crippen LogP contribution in [0.15, 0.2) is 18.3 Å². The van der Waals surface area contributed by atoms with Crippen LogP contribution in [-0.4, -0.2) is 4.98 Å². The average molecular weight is 221 g/mol. The lowest BCUT2D eigenvalue weighted by molar-refractivity contribution is 0.321. The van der Waals surface area contributed by atoms with E-state index in [0.717, 1.165) is 6.42 Å². The van der Waals surface area contributed by atoms with Gasteiger partial charge in [0, 0.05) is 11.9 Å². The quantitative estimate of drug-likeness (QED) is 0.712. The van der Waals surface area contributed by atoms with E-state index in [1.165, 1.54) is 24.1 Å². The Morgan fingerprint density at radius 2 is 1.81 bits per heavy atom. The average Bonchev–Trinajstić information content (AvgIpc) is 2.31. The Labute approximate surface area is 101 Å². The Morgan fingerprint density at radius 1 is 1.19 bits per heavy atom. The van der Waals surface area contributed by atoms with Gasteiger partial charge >= 0.3 is 0 Å². The maximum Gasteiger partial charge on any atom is 0.0404 e. The lowest BCUT2D eigenvalue weighted by Gasteiger charge is -2.21. The summed E-state index contributed by atoms with van der Waals surface area (Å²) in [6.07, 6.45) is 5.51. The second kappa shape index (κ2) is 7.43. The lowest BCUT2D eigenvalue weighted by atomic mass is 9.84. The number of hydrogen-bond donors (Lipinski definition) is 0. The highest BCUT2D eigenvalue weighted by Gasteiger charge is 2.14. The Hall–Kier alpha value is -0.850. The molecule has 0 N–H and O–H groups in total. The monoisotopic (exact) mass is 221 g/mol. The van der Waals surface area contributed by atoms with Gasteiger partial charge in [-0.3, -0.25) is 4.98 Å². The summed E-state index contributed by atoms with van der Waals surface area (Å²) < 4.78 is 0. The largest absolute Gasteiger partial charge is 0.261 e. The molecule has 1 nitrogen and oxygen atoms in total. The van der Waals surface area contributed by atoms with Crippen LogP contribution in [0, 0.1) is 12.3 Å². The summed E-state index contributed by atoms with van der Waals surface area (Å²) in [6, 6.07) is 4.28. The van der Waals surface area contributed by atoms with Gasteiger partial charge in [-0.2, -0.15) is 0 Å². The molecule has 0 fully saturated rings. The zero-order valence-corrected chi connectivity index (χ0v) is 11.8. The molecule has 1 rings (SSSR count). The third-order valence-corrected chi connectivity index (χ3v) is 2.99. The number of hydrogen-bond acceptors (Lipinski definition) is 1. The summed E-state index contributed by atoms with van der Waals surface area (Å²) in [7, 11) is 0. The van der Waals surface area contributed by atoms with Crippen LogP contribution < -0.4 is 0 Å². The number of aryl methyl sites for hydroxylation is 2. The van der Waals surface area contributed by atoms with Gasteiger partial charge in [-0.1, -0.05) is 47.1 Å². The Bertz CT molecular complexity index is 272. The van der Waals surface area contributed by atoms with Crippen LogP contribution in [0.25, 0.3) is 0 Å². The first-order valence-corrected chi connectivity index (χ1v) is 6.45. The van der Waals surface area contributed by atoms with Crippen LogP contribution in [0.3, 0.4) is 0 Å². The molecule has 0 spiro atoms. The first kappa shape index (κ1) is 15.2. The summed E-state index contributed by atoms with van der Waals surface area (Å²) in [4.78, 5) is 4.42. The molecule has 0 aliphatic rings. The first-order valence-electron chi connectivity index (χ1n) is 6.45. The Balaban J connectivity index is 0.00000106. The lowest BCUT2D eigenvalue weighted by Crippen LogP contribution is -2.11. The molecule has 1 heteroatoms. The summed E-state index contributed by atoms with van der Waals surface area (Å²) in [5.74, 6) is 0. The van der Waals surface area contributed by atoms with Gasteiger partial charge in [0.05, 0.1) is 0 Å². The van der Waals surface area contributed by atoms with Crippen LogP contribution in [0.1, 0.15) is 58.7 Å². The van der Waals surface area contributed by atoms with Gasteiger partial charge in [0.15, 0.2) is 0 Å². The normalized spacial score (nSPS) is 10.6. The molecule has 0 aliphatic carbocycles. The molecular formula is C15H27N. The fourth-order valence-electron chi connectivity index (χ4n) is 1.29. The standard InChI is InChI=1S/C13H21N.C2H6/c1-5-13(3,4)9-8-12-7-6-11(2)10-14-12;1-2/h6-7,10H,5,8-9H2,1-4H3;1-2H3. The third-order valence-electron chi connectivity index (χ3n) is 2.99. The molecule has 1 aromatic rings. The van der Waals surface area contributed by atoms with E-state index in [1.54, 1.807) is 0 Å². The van der Waals surface area contributed by atoms with E-state index in [1.807, 2.05) is 20.0 Å². The Morgan fingerprint density at radius 3 is 2.25 bits per heavy atom. The zero-order chi connectivity index (χ0) is 12.6. The molecule has 0 radical (unpaired) electrons. The highest BCUT2D eigenvalue weighted by Crippen LogP contribution is 2.25. The van der Waals surface area contributed by atoms with E-state index < -0.39 is 0 Å². The van der Waals surface area contributed by atoms with Gasteiger partial charge in [0.2, 0.25) is 0 Å². The molecule has 0 atom stereocenters. The molecule has 0 saturated heterocycles. The maximum absolute atomic E-state index is 4.42. The second-order valence-corrected chi connectivity index (χ2v) is 4.84. The molecule has 0 aromatic carbocycles. The van der Waals surface area contributed by atoms with Crippen molar-refractivity contribution in [1.82, 2.24) is 4.98 Å². The van der Waals surface area contributed by atoms with Gasteiger partial charge in [-0.15, -0.1) is 0 Å². The van der Waals surface area contributed by atoms with E-state index in [9.17, 15) is 0 Å². The molecule has 16 heavy (non-hydrogen) atoms. The van der Waals surface area contributed by atoms with Crippen molar-refractivity contribution in [2.45, 2.75) is 60.8 Å². The summed E-state index contributed by atoms with van der Waals surface area (Å²) in [6.45, 7) is 13.0. The fraction of sp³-hybridized carbons (Fsp3) is 0.667. The molecule has 0 saturated carbocycles. The van der Waals surface area contributed by atoms with Crippen molar-refractivity contribution >= 4 is 0 Å². The van der Waals surface area contributed by atoms with Gasteiger partial charge < -0.3 is 0 Å². The SMILES string of the molecule is CC.CCC(C)(C)CCc1ccc(C)cn1. The van der Waals surface area contributed by atoms with Crippen molar-refractivity contribution < 1.29 is 0 Å². The molecule has 1 aromatic heterocycles. The highest BCUT2D eigenvalue weighted by molar-refractivity contribution is 5.12. The van der Waals surface area contributed by atoms with Gasteiger partial charge in [0.1, 0.15) is 0 Å². The second-order valence-electron chi connectivity index (χ2n) is 4.84. The van der Waals surface area contributed by atoms with Crippen LogP contribution >= 0.6 is 0 Å². The van der Waals surface area contributed by atoms with E-state index in [4.69, 9.17) is 0 Å². The number of aromatic nitrogens is 1. The minimum Gasteiger partial charge on any atom is -0.261 e. The minimum atomic E-state index is 0.451. The van der Waals surface area contributed by atoms with Crippen LogP contribution in [0.4, 0.5) is 0 Å².